The monoisotopic (exact) mass is 481 g/mol. The molecule has 6 nitrogen and oxygen atoms in total. The summed E-state index contributed by atoms with van der Waals surface area (Å²) >= 11 is 1.78. The van der Waals surface area contributed by atoms with Gasteiger partial charge >= 0.3 is 0 Å². The van der Waals surface area contributed by atoms with Gasteiger partial charge in [-0.25, -0.2) is 10.9 Å². The SMILES string of the molecule is C[C@H](SC1NNCN1C)C1CCNC(NC(=O)C2CCCC(S(F)(F)(F)(F)F)C2)C1. The third kappa shape index (κ3) is 6.35. The minimum atomic E-state index is -9.57. The van der Waals surface area contributed by atoms with Crippen LogP contribution in [0.5, 0.6) is 0 Å². The molecule has 3 fully saturated rings. The van der Waals surface area contributed by atoms with Gasteiger partial charge < -0.3 is 5.32 Å². The van der Waals surface area contributed by atoms with Gasteiger partial charge in [-0.1, -0.05) is 32.8 Å². The number of hydrogen-bond donors (Lipinski definition) is 4. The fraction of sp³-hybridized carbons (Fsp3) is 0.941. The van der Waals surface area contributed by atoms with Crippen molar-refractivity contribution >= 4 is 27.9 Å². The maximum Gasteiger partial charge on any atom is 0.288 e. The molecule has 178 valence electrons. The molecule has 0 aromatic carbocycles. The molecule has 0 aromatic rings. The van der Waals surface area contributed by atoms with Crippen LogP contribution in [0.2, 0.25) is 0 Å². The molecule has 2 aliphatic heterocycles. The second-order valence-corrected chi connectivity index (χ2v) is 12.9. The van der Waals surface area contributed by atoms with Gasteiger partial charge in [-0.3, -0.25) is 15.0 Å². The van der Waals surface area contributed by atoms with Crippen molar-refractivity contribution in [3.8, 4) is 0 Å². The molecule has 3 aliphatic rings. The quantitative estimate of drug-likeness (QED) is 0.434. The molecule has 4 N–H and O–H groups in total. The van der Waals surface area contributed by atoms with E-state index in [1.54, 1.807) is 11.8 Å². The standard InChI is InChI=1S/C17H32F5N5OS2/c1-11(29-17-26-24-10-27(17)2)12-6-7-23-15(9-12)25-16(28)13-4-3-5-14(8-13)30(18,19,20,21)22/h11-15,17,23-24,26H,3-10H2,1-2H3,(H,25,28)/t11-,12?,13?,14?,15?,17?/m0/s1. The van der Waals surface area contributed by atoms with Crippen molar-refractivity contribution in [2.24, 2.45) is 11.8 Å². The fourth-order valence-electron chi connectivity index (χ4n) is 4.46. The van der Waals surface area contributed by atoms with E-state index in [9.17, 15) is 24.2 Å². The largest absolute Gasteiger partial charge is 0.341 e. The highest BCUT2D eigenvalue weighted by molar-refractivity contribution is 8.46. The fourth-order valence-corrected chi connectivity index (χ4v) is 6.98. The average molecular weight is 482 g/mol. The summed E-state index contributed by atoms with van der Waals surface area (Å²) in [5.74, 6) is -1.26. The number of halogens is 5. The molecule has 6 atom stereocenters. The van der Waals surface area contributed by atoms with Crippen LogP contribution in [0.25, 0.3) is 0 Å². The van der Waals surface area contributed by atoms with Crippen molar-refractivity contribution in [3.63, 3.8) is 0 Å². The third-order valence-electron chi connectivity index (χ3n) is 6.35. The van der Waals surface area contributed by atoms with Crippen LogP contribution in [0.3, 0.4) is 0 Å². The summed E-state index contributed by atoms with van der Waals surface area (Å²) in [6.07, 6.45) is 0.00984. The van der Waals surface area contributed by atoms with E-state index in [2.05, 4.69) is 33.3 Å². The zero-order chi connectivity index (χ0) is 22.2. The third-order valence-corrected chi connectivity index (χ3v) is 9.59. The number of hydrogen-bond acceptors (Lipinski definition) is 6. The van der Waals surface area contributed by atoms with Gasteiger partial charge in [-0.05, 0) is 51.6 Å². The summed E-state index contributed by atoms with van der Waals surface area (Å²) in [5.41, 5.74) is 6.41. The molecule has 30 heavy (non-hydrogen) atoms. The molecule has 5 unspecified atom stereocenters. The second-order valence-electron chi connectivity index (χ2n) is 8.74. The first-order valence-electron chi connectivity index (χ1n) is 10.3. The van der Waals surface area contributed by atoms with Crippen molar-refractivity contribution < 1.29 is 24.2 Å². The molecule has 2 heterocycles. The van der Waals surface area contributed by atoms with Crippen molar-refractivity contribution in [3.05, 3.63) is 0 Å². The number of carbonyl (C=O) groups is 1. The first-order valence-corrected chi connectivity index (χ1v) is 13.3. The average Bonchev–Trinajstić information content (AvgIpc) is 3.05. The molecule has 0 spiro atoms. The van der Waals surface area contributed by atoms with Crippen molar-refractivity contribution in [1.29, 1.82) is 0 Å². The van der Waals surface area contributed by atoms with Crippen LogP contribution in [0.1, 0.15) is 45.4 Å². The minimum absolute atomic E-state index is 0.0152. The van der Waals surface area contributed by atoms with Gasteiger partial charge in [0.2, 0.25) is 5.91 Å². The van der Waals surface area contributed by atoms with Crippen LogP contribution in [0.15, 0.2) is 0 Å². The Bertz CT molecular complexity index is 640. The van der Waals surface area contributed by atoms with Gasteiger partial charge in [0.15, 0.2) is 0 Å². The Morgan fingerprint density at radius 3 is 2.53 bits per heavy atom. The lowest BCUT2D eigenvalue weighted by molar-refractivity contribution is -0.127. The zero-order valence-corrected chi connectivity index (χ0v) is 18.8. The van der Waals surface area contributed by atoms with Gasteiger partial charge in [0.05, 0.1) is 18.1 Å². The molecule has 1 saturated carbocycles. The summed E-state index contributed by atoms with van der Waals surface area (Å²) in [5, 5.41) is 3.61. The van der Waals surface area contributed by atoms with Crippen molar-refractivity contribution in [2.75, 3.05) is 20.3 Å². The number of amides is 1. The smallest absolute Gasteiger partial charge is 0.288 e. The Balaban J connectivity index is 1.52. The Hall–Kier alpha value is -0.340. The molecule has 0 bridgehead atoms. The number of carbonyl (C=O) groups excluding carboxylic acids is 1. The second kappa shape index (κ2) is 8.22. The molecular weight excluding hydrogens is 449 g/mol. The Morgan fingerprint density at radius 2 is 1.90 bits per heavy atom. The summed E-state index contributed by atoms with van der Waals surface area (Å²) < 4.78 is 65.9. The summed E-state index contributed by atoms with van der Waals surface area (Å²) in [7, 11) is -7.57. The molecule has 1 amide bonds. The van der Waals surface area contributed by atoms with Crippen LogP contribution >= 0.6 is 22.0 Å². The summed E-state index contributed by atoms with van der Waals surface area (Å²) in [6.45, 7) is 3.57. The first kappa shape index (κ1) is 24.3. The predicted octanol–water partition coefficient (Wildman–Crippen LogP) is 3.69. The first-order chi connectivity index (χ1) is 13.7. The highest BCUT2D eigenvalue weighted by Crippen LogP contribution is 3.01. The van der Waals surface area contributed by atoms with Crippen molar-refractivity contribution in [2.45, 2.75) is 67.6 Å². The molecule has 0 radical (unpaired) electrons. The van der Waals surface area contributed by atoms with Crippen LogP contribution in [-0.2, 0) is 4.79 Å². The number of hydrazine groups is 1. The molecule has 2 saturated heterocycles. The van der Waals surface area contributed by atoms with E-state index in [-0.39, 0.29) is 24.5 Å². The highest BCUT2D eigenvalue weighted by Gasteiger charge is 2.70. The lowest BCUT2D eigenvalue weighted by atomic mass is 9.87. The lowest BCUT2D eigenvalue weighted by Gasteiger charge is -2.49. The molecular formula is C17H32F5N5OS2. The van der Waals surface area contributed by atoms with Gasteiger partial charge in [-0.2, -0.15) is 0 Å². The Kier molecular flexibility index (Phi) is 6.66. The maximum atomic E-state index is 13.2. The van der Waals surface area contributed by atoms with Crippen LogP contribution in [0.4, 0.5) is 19.4 Å². The van der Waals surface area contributed by atoms with E-state index in [1.165, 1.54) is 0 Å². The normalized spacial score (nSPS) is 37.2. The van der Waals surface area contributed by atoms with Gasteiger partial charge in [-0.15, -0.1) is 11.8 Å². The number of thioether (sulfide) groups is 1. The van der Waals surface area contributed by atoms with E-state index in [1.807, 2.05) is 7.05 Å². The summed E-state index contributed by atoms with van der Waals surface area (Å²) in [6, 6.07) is 0. The van der Waals surface area contributed by atoms with Gasteiger partial charge in [0.1, 0.15) is 5.50 Å². The van der Waals surface area contributed by atoms with Crippen molar-refractivity contribution in [1.82, 2.24) is 26.4 Å². The number of piperidine rings is 1. The zero-order valence-electron chi connectivity index (χ0n) is 17.2. The highest BCUT2D eigenvalue weighted by atomic mass is 32.5. The van der Waals surface area contributed by atoms with Crippen LogP contribution < -0.4 is 21.5 Å². The number of nitrogens with one attached hydrogen (secondary N) is 4. The molecule has 13 heteroatoms. The topological polar surface area (TPSA) is 68.4 Å². The number of nitrogens with zero attached hydrogens (tertiary/aromatic N) is 1. The van der Waals surface area contributed by atoms with E-state index in [0.29, 0.717) is 24.1 Å². The lowest BCUT2D eigenvalue weighted by Crippen LogP contribution is -2.53. The van der Waals surface area contributed by atoms with E-state index in [4.69, 9.17) is 0 Å². The van der Waals surface area contributed by atoms with Gasteiger partial charge in [0, 0.05) is 11.2 Å². The minimum Gasteiger partial charge on any atom is -0.341 e. The maximum absolute atomic E-state index is 13.2. The van der Waals surface area contributed by atoms with E-state index < -0.39 is 40.1 Å². The van der Waals surface area contributed by atoms with Gasteiger partial charge in [0.25, 0.3) is 10.2 Å². The van der Waals surface area contributed by atoms with Crippen LogP contribution in [-0.4, -0.2) is 53.2 Å². The predicted molar refractivity (Wildman–Crippen MR) is 111 cm³/mol. The summed E-state index contributed by atoms with van der Waals surface area (Å²) in [4.78, 5) is 14.7. The number of rotatable bonds is 6. The molecule has 3 rings (SSSR count). The van der Waals surface area contributed by atoms with E-state index >= 15 is 0 Å². The van der Waals surface area contributed by atoms with E-state index in [0.717, 1.165) is 13.1 Å². The Morgan fingerprint density at radius 1 is 1.17 bits per heavy atom. The van der Waals surface area contributed by atoms with Crippen LogP contribution in [0, 0.1) is 11.8 Å². The molecule has 0 aromatic heterocycles. The Labute approximate surface area is 178 Å². The molecule has 1 aliphatic carbocycles.